The van der Waals surface area contributed by atoms with Crippen LogP contribution >= 0.6 is 0 Å². The highest BCUT2D eigenvalue weighted by atomic mass is 16.6. The molecule has 0 radical (unpaired) electrons. The third-order valence-electron chi connectivity index (χ3n) is 13.2. The van der Waals surface area contributed by atoms with Crippen LogP contribution in [-0.2, 0) is 28.6 Å². The Kier molecular flexibility index (Phi) is 56.8. The summed E-state index contributed by atoms with van der Waals surface area (Å²) < 4.78 is 16.9. The van der Waals surface area contributed by atoms with Crippen LogP contribution in [0, 0.1) is 0 Å². The molecule has 0 amide bonds. The number of esters is 3. The van der Waals surface area contributed by atoms with Crippen molar-refractivity contribution in [2.24, 2.45) is 0 Å². The van der Waals surface area contributed by atoms with Crippen LogP contribution in [-0.4, -0.2) is 37.2 Å². The summed E-state index contributed by atoms with van der Waals surface area (Å²) >= 11 is 0. The molecule has 6 nitrogen and oxygen atoms in total. The number of hydrogen-bond acceptors (Lipinski definition) is 6. The van der Waals surface area contributed by atoms with Gasteiger partial charge in [-0.3, -0.25) is 14.4 Å². The van der Waals surface area contributed by atoms with E-state index in [0.717, 1.165) is 103 Å². The van der Waals surface area contributed by atoms with Gasteiger partial charge in [-0.1, -0.05) is 261 Å². The lowest BCUT2D eigenvalue weighted by atomic mass is 10.0. The fourth-order valence-corrected chi connectivity index (χ4v) is 8.57. The average molecular weight is 992 g/mol. The molecule has 0 aliphatic rings. The van der Waals surface area contributed by atoms with E-state index in [2.05, 4.69) is 93.7 Å². The third-order valence-corrected chi connectivity index (χ3v) is 13.2. The largest absolute Gasteiger partial charge is 0.462 e. The first-order chi connectivity index (χ1) is 35.0. The van der Waals surface area contributed by atoms with Crippen molar-refractivity contribution in [2.75, 3.05) is 13.2 Å². The molecule has 0 N–H and O–H groups in total. The Morgan fingerprint density at radius 2 is 0.507 bits per heavy atom. The third kappa shape index (κ3) is 57.6. The van der Waals surface area contributed by atoms with Crippen molar-refractivity contribution < 1.29 is 28.6 Å². The van der Waals surface area contributed by atoms with Gasteiger partial charge in [-0.2, -0.15) is 0 Å². The van der Waals surface area contributed by atoms with Crippen LogP contribution in [0.3, 0.4) is 0 Å². The van der Waals surface area contributed by atoms with Crippen LogP contribution in [0.2, 0.25) is 0 Å². The molecule has 0 saturated carbocycles. The monoisotopic (exact) mass is 991 g/mol. The molecule has 0 fully saturated rings. The standard InChI is InChI=1S/C65H114O6/c1-4-7-10-13-16-19-22-25-28-30-32-34-37-40-43-46-49-52-55-58-64(67)70-61-62(60-69-63(66)57-54-51-48-45-42-39-36-27-24-21-18-15-12-9-6-3)71-65(68)59-56-53-50-47-44-41-38-35-33-31-29-26-23-20-17-14-11-8-5-2/h16-17,19-20,25-26,28-29,32-35,62H,4-15,18,21-24,27,30-31,36-61H2,1-3H3/b19-16-,20-17-,28-25-,29-26-,34-32-,35-33-. The summed E-state index contributed by atoms with van der Waals surface area (Å²) in [6.07, 6.45) is 76.0. The Labute approximate surface area is 440 Å². The Bertz CT molecular complexity index is 1320. The number of hydrogen-bond donors (Lipinski definition) is 0. The smallest absolute Gasteiger partial charge is 0.306 e. The van der Waals surface area contributed by atoms with Gasteiger partial charge in [-0.05, 0) is 96.3 Å². The van der Waals surface area contributed by atoms with Gasteiger partial charge >= 0.3 is 17.9 Å². The molecule has 0 heterocycles. The quantitative estimate of drug-likeness (QED) is 0.0261. The minimum atomic E-state index is -0.788. The van der Waals surface area contributed by atoms with E-state index in [9.17, 15) is 14.4 Å². The van der Waals surface area contributed by atoms with E-state index >= 15 is 0 Å². The highest BCUT2D eigenvalue weighted by Gasteiger charge is 2.19. The van der Waals surface area contributed by atoms with Crippen molar-refractivity contribution >= 4 is 17.9 Å². The minimum Gasteiger partial charge on any atom is -0.462 e. The van der Waals surface area contributed by atoms with Crippen molar-refractivity contribution in [1.82, 2.24) is 0 Å². The van der Waals surface area contributed by atoms with Crippen molar-refractivity contribution in [3.8, 4) is 0 Å². The summed E-state index contributed by atoms with van der Waals surface area (Å²) in [5.41, 5.74) is 0. The number of allylic oxidation sites excluding steroid dienone is 12. The van der Waals surface area contributed by atoms with Gasteiger partial charge in [0.2, 0.25) is 0 Å². The molecule has 0 aromatic carbocycles. The van der Waals surface area contributed by atoms with Crippen LogP contribution in [0.5, 0.6) is 0 Å². The summed E-state index contributed by atoms with van der Waals surface area (Å²) in [6, 6.07) is 0. The van der Waals surface area contributed by atoms with Crippen LogP contribution in [0.1, 0.15) is 303 Å². The molecule has 71 heavy (non-hydrogen) atoms. The Balaban J connectivity index is 4.42. The molecule has 0 aliphatic heterocycles. The predicted molar refractivity (Wildman–Crippen MR) is 307 cm³/mol. The Morgan fingerprint density at radius 3 is 0.817 bits per heavy atom. The number of carbonyl (C=O) groups excluding carboxylic acids is 3. The molecule has 6 heteroatoms. The first kappa shape index (κ1) is 67.8. The van der Waals surface area contributed by atoms with E-state index in [0.29, 0.717) is 19.3 Å². The van der Waals surface area contributed by atoms with E-state index in [4.69, 9.17) is 14.2 Å². The first-order valence-corrected chi connectivity index (χ1v) is 30.4. The van der Waals surface area contributed by atoms with Crippen molar-refractivity contribution in [2.45, 2.75) is 309 Å². The fourth-order valence-electron chi connectivity index (χ4n) is 8.57. The van der Waals surface area contributed by atoms with E-state index < -0.39 is 6.10 Å². The molecule has 410 valence electrons. The van der Waals surface area contributed by atoms with Crippen LogP contribution in [0.25, 0.3) is 0 Å². The highest BCUT2D eigenvalue weighted by molar-refractivity contribution is 5.71. The summed E-state index contributed by atoms with van der Waals surface area (Å²) in [4.78, 5) is 38.3. The summed E-state index contributed by atoms with van der Waals surface area (Å²) in [5.74, 6) is -0.896. The molecular weight excluding hydrogens is 877 g/mol. The fraction of sp³-hybridized carbons (Fsp3) is 0.769. The van der Waals surface area contributed by atoms with Gasteiger partial charge < -0.3 is 14.2 Å². The molecule has 1 unspecified atom stereocenters. The lowest BCUT2D eigenvalue weighted by Gasteiger charge is -2.18. The Hall–Kier alpha value is -3.15. The van der Waals surface area contributed by atoms with Gasteiger partial charge in [-0.15, -0.1) is 0 Å². The van der Waals surface area contributed by atoms with E-state index in [-0.39, 0.29) is 31.1 Å². The second-order valence-electron chi connectivity index (χ2n) is 20.3. The van der Waals surface area contributed by atoms with Crippen molar-refractivity contribution in [1.29, 1.82) is 0 Å². The van der Waals surface area contributed by atoms with Gasteiger partial charge in [0.1, 0.15) is 13.2 Å². The molecular formula is C65H114O6. The predicted octanol–water partition coefficient (Wildman–Crippen LogP) is 20.5. The van der Waals surface area contributed by atoms with Gasteiger partial charge in [0.05, 0.1) is 0 Å². The van der Waals surface area contributed by atoms with Gasteiger partial charge in [0.25, 0.3) is 0 Å². The number of ether oxygens (including phenoxy) is 3. The minimum absolute atomic E-state index is 0.0827. The van der Waals surface area contributed by atoms with Gasteiger partial charge in [0, 0.05) is 19.3 Å². The van der Waals surface area contributed by atoms with E-state index in [1.54, 1.807) is 0 Å². The lowest BCUT2D eigenvalue weighted by molar-refractivity contribution is -0.167. The highest BCUT2D eigenvalue weighted by Crippen LogP contribution is 2.16. The zero-order valence-corrected chi connectivity index (χ0v) is 47.0. The summed E-state index contributed by atoms with van der Waals surface area (Å²) in [5, 5.41) is 0. The number of unbranched alkanes of at least 4 members (excludes halogenated alkanes) is 32. The second kappa shape index (κ2) is 59.4. The molecule has 0 aromatic rings. The van der Waals surface area contributed by atoms with Gasteiger partial charge in [0.15, 0.2) is 6.10 Å². The van der Waals surface area contributed by atoms with Crippen LogP contribution in [0.4, 0.5) is 0 Å². The van der Waals surface area contributed by atoms with Crippen molar-refractivity contribution in [3.05, 3.63) is 72.9 Å². The summed E-state index contributed by atoms with van der Waals surface area (Å²) in [7, 11) is 0. The maximum atomic E-state index is 12.9. The second-order valence-corrected chi connectivity index (χ2v) is 20.3. The van der Waals surface area contributed by atoms with Gasteiger partial charge in [-0.25, -0.2) is 0 Å². The lowest BCUT2D eigenvalue weighted by Crippen LogP contribution is -2.30. The normalized spacial score (nSPS) is 12.5. The number of carbonyl (C=O) groups is 3. The maximum absolute atomic E-state index is 12.9. The SMILES string of the molecule is CCCCC/C=C\C/C=C\C/C=C\CCCCCCCCC(=O)OCC(COC(=O)CCCCCCCCCCCCCCCCC)OC(=O)CCCCCCCC/C=C\C/C=C\C/C=C\CCCCC. The molecule has 0 aromatic heterocycles. The topological polar surface area (TPSA) is 78.9 Å². The zero-order valence-electron chi connectivity index (χ0n) is 47.0. The molecule has 0 bridgehead atoms. The molecule has 0 spiro atoms. The zero-order chi connectivity index (χ0) is 51.4. The Morgan fingerprint density at radius 1 is 0.282 bits per heavy atom. The molecule has 1 atom stereocenters. The first-order valence-electron chi connectivity index (χ1n) is 30.4. The van der Waals surface area contributed by atoms with Crippen LogP contribution < -0.4 is 0 Å². The molecule has 0 rings (SSSR count). The van der Waals surface area contributed by atoms with E-state index in [1.165, 1.54) is 161 Å². The van der Waals surface area contributed by atoms with Crippen LogP contribution in [0.15, 0.2) is 72.9 Å². The molecule has 0 saturated heterocycles. The summed E-state index contributed by atoms with van der Waals surface area (Å²) in [6.45, 7) is 6.59. The van der Waals surface area contributed by atoms with E-state index in [1.807, 2.05) is 0 Å². The maximum Gasteiger partial charge on any atom is 0.306 e. The number of rotatable bonds is 55. The van der Waals surface area contributed by atoms with Crippen molar-refractivity contribution in [3.63, 3.8) is 0 Å². The molecule has 0 aliphatic carbocycles. The average Bonchev–Trinajstić information content (AvgIpc) is 3.37.